The fourth-order valence-electron chi connectivity index (χ4n) is 0.0958. The highest BCUT2D eigenvalue weighted by atomic mass is 127. The Morgan fingerprint density at radius 1 is 2.00 bits per heavy atom. The highest BCUT2D eigenvalue weighted by molar-refractivity contribution is 14.2. The second kappa shape index (κ2) is 3.85. The monoisotopic (exact) mass is 251 g/mol. The molecule has 2 N–H and O–H groups in total. The summed E-state index contributed by atoms with van der Waals surface area (Å²) >= 11 is 1.77. The molecule has 0 amide bonds. The summed E-state index contributed by atoms with van der Waals surface area (Å²) in [4.78, 5) is 0. The molecular formula is CH4IN2OS2-. The molecule has 0 aliphatic rings. The lowest BCUT2D eigenvalue weighted by Gasteiger charge is -1.96. The summed E-state index contributed by atoms with van der Waals surface area (Å²) in [5, 5.41) is 4.99. The Labute approximate surface area is 58.8 Å². The third-order valence-electron chi connectivity index (χ3n) is 0.213. The lowest BCUT2D eigenvalue weighted by molar-refractivity contribution is 0.687. The SMILES string of the molecule is N#[S-](I)CS(N)=O. The Kier molecular flexibility index (Phi) is 4.34. The van der Waals surface area contributed by atoms with Gasteiger partial charge in [-0.05, 0) is 5.08 Å². The van der Waals surface area contributed by atoms with Crippen LogP contribution in [-0.2, 0) is 18.7 Å². The molecule has 0 aromatic rings. The first kappa shape index (κ1) is 7.90. The molecule has 6 heteroatoms. The van der Waals surface area contributed by atoms with Crippen molar-refractivity contribution in [2.75, 3.05) is 5.08 Å². The zero-order valence-electron chi connectivity index (χ0n) is 3.33. The zero-order chi connectivity index (χ0) is 5.86. The number of hydrogen-bond acceptors (Lipinski definition) is 3. The van der Waals surface area contributed by atoms with Crippen LogP contribution < -0.4 is 5.14 Å². The summed E-state index contributed by atoms with van der Waals surface area (Å²) in [7, 11) is -2.14. The minimum atomic E-state index is -1.34. The fraction of sp³-hybridized carbons (Fsp3) is 1.00. The van der Waals surface area contributed by atoms with Crippen LogP contribution in [0.15, 0.2) is 0 Å². The predicted molar refractivity (Wildman–Crippen MR) is 40.3 cm³/mol. The van der Waals surface area contributed by atoms with Crippen LogP contribution in [-0.4, -0.2) is 9.29 Å². The van der Waals surface area contributed by atoms with E-state index in [1.807, 2.05) is 0 Å². The quantitative estimate of drug-likeness (QED) is 0.527. The summed E-state index contributed by atoms with van der Waals surface area (Å²) in [5.74, 6) is 0. The van der Waals surface area contributed by atoms with Crippen LogP contribution in [0.1, 0.15) is 0 Å². The van der Waals surface area contributed by atoms with E-state index in [-0.39, 0.29) is 5.08 Å². The molecule has 0 bridgehead atoms. The largest absolute Gasteiger partial charge is 0.420 e. The first-order chi connectivity index (χ1) is 3.13. The van der Waals surface area contributed by atoms with E-state index in [2.05, 4.69) is 0 Å². The van der Waals surface area contributed by atoms with Crippen LogP contribution >= 0.6 is 21.2 Å². The zero-order valence-corrected chi connectivity index (χ0v) is 7.12. The first-order valence-corrected chi connectivity index (χ1v) is 6.59. The standard InChI is InChI=1S/CH4IN2OS2/c2-6(3)1-7(4)5/h1,4H2/q-1. The third kappa shape index (κ3) is 6.90. The maximum Gasteiger partial charge on any atom is 0.0700 e. The molecule has 0 saturated carbocycles. The van der Waals surface area contributed by atoms with Crippen molar-refractivity contribution in [3.8, 4) is 0 Å². The van der Waals surface area contributed by atoms with Crippen LogP contribution in [0, 0.1) is 4.61 Å². The van der Waals surface area contributed by atoms with Gasteiger partial charge in [0.2, 0.25) is 0 Å². The van der Waals surface area contributed by atoms with Gasteiger partial charge >= 0.3 is 0 Å². The second-order valence-corrected chi connectivity index (χ2v) is 6.17. The van der Waals surface area contributed by atoms with Gasteiger partial charge in [-0.25, -0.2) is 33.1 Å². The molecule has 0 heterocycles. The Balaban J connectivity index is 3.39. The third-order valence-corrected chi connectivity index (χ3v) is 4.21. The Morgan fingerprint density at radius 2 is 2.43 bits per heavy atom. The van der Waals surface area contributed by atoms with Crippen molar-refractivity contribution < 1.29 is 4.21 Å². The molecule has 1 unspecified atom stereocenters. The van der Waals surface area contributed by atoms with Gasteiger partial charge in [0, 0.05) is 0 Å². The molecule has 0 saturated heterocycles. The van der Waals surface area contributed by atoms with Crippen molar-refractivity contribution in [3.05, 3.63) is 0 Å². The number of halogens is 1. The average molecular weight is 251 g/mol. The number of hydrogen-bond donors (Lipinski definition) is 1. The lowest BCUT2D eigenvalue weighted by Crippen LogP contribution is -2.06. The predicted octanol–water partition coefficient (Wildman–Crippen LogP) is 0.0140. The molecule has 7 heavy (non-hydrogen) atoms. The van der Waals surface area contributed by atoms with Crippen molar-refractivity contribution >= 4 is 39.9 Å². The molecule has 0 aliphatic carbocycles. The second-order valence-electron chi connectivity index (χ2n) is 0.806. The van der Waals surface area contributed by atoms with Gasteiger partial charge in [0.05, 0.1) is 11.0 Å². The van der Waals surface area contributed by atoms with E-state index < -0.39 is 18.7 Å². The van der Waals surface area contributed by atoms with Gasteiger partial charge in [0.25, 0.3) is 0 Å². The van der Waals surface area contributed by atoms with Gasteiger partial charge in [-0.3, -0.25) is 5.14 Å². The van der Waals surface area contributed by atoms with Crippen LogP contribution in [0.3, 0.4) is 0 Å². The van der Waals surface area contributed by atoms with Crippen LogP contribution in [0.25, 0.3) is 0 Å². The summed E-state index contributed by atoms with van der Waals surface area (Å²) < 4.78 is 18.4. The van der Waals surface area contributed by atoms with E-state index in [1.165, 1.54) is 0 Å². The van der Waals surface area contributed by atoms with Gasteiger partial charge in [0.15, 0.2) is 0 Å². The van der Waals surface area contributed by atoms with E-state index in [4.69, 9.17) is 9.75 Å². The van der Waals surface area contributed by atoms with Gasteiger partial charge < -0.3 is 4.61 Å². The summed E-state index contributed by atoms with van der Waals surface area (Å²) in [6, 6.07) is 0. The van der Waals surface area contributed by atoms with Gasteiger partial charge in [-0.1, -0.05) is 0 Å². The summed E-state index contributed by atoms with van der Waals surface area (Å²) in [6.45, 7) is 0. The van der Waals surface area contributed by atoms with Gasteiger partial charge in [0.1, 0.15) is 0 Å². The Bertz CT molecular complexity index is 136. The van der Waals surface area contributed by atoms with Crippen molar-refractivity contribution in [3.63, 3.8) is 0 Å². The molecule has 0 fully saturated rings. The van der Waals surface area contributed by atoms with Gasteiger partial charge in [-0.15, -0.1) is 0 Å². The van der Waals surface area contributed by atoms with E-state index >= 15 is 0 Å². The molecule has 1 atom stereocenters. The molecule has 0 radical (unpaired) electrons. The van der Waals surface area contributed by atoms with Crippen LogP contribution in [0.2, 0.25) is 0 Å². The summed E-state index contributed by atoms with van der Waals surface area (Å²) in [5.41, 5.74) is 0. The van der Waals surface area contributed by atoms with Gasteiger partial charge in [-0.2, -0.15) is 0 Å². The topological polar surface area (TPSA) is 66.9 Å². The molecule has 44 valence electrons. The van der Waals surface area contributed by atoms with Crippen molar-refractivity contribution in [2.24, 2.45) is 5.14 Å². The maximum atomic E-state index is 9.99. The van der Waals surface area contributed by atoms with E-state index in [1.54, 1.807) is 21.2 Å². The molecule has 3 nitrogen and oxygen atoms in total. The van der Waals surface area contributed by atoms with Crippen LogP contribution in [0.4, 0.5) is 0 Å². The molecule has 0 spiro atoms. The molecule has 0 aliphatic heterocycles. The number of nitrogens with two attached hydrogens (primary N) is 1. The van der Waals surface area contributed by atoms with Crippen molar-refractivity contribution in [1.29, 1.82) is 4.61 Å². The molecular weight excluding hydrogens is 247 g/mol. The Morgan fingerprint density at radius 3 is 2.43 bits per heavy atom. The highest BCUT2D eigenvalue weighted by Gasteiger charge is 1.77. The Hall–Kier alpha value is 0.900. The smallest absolute Gasteiger partial charge is 0.0700 e. The number of rotatable bonds is 1. The average Bonchev–Trinajstić information content (AvgIpc) is 1.27. The fourth-order valence-corrected chi connectivity index (χ4v) is 3.12. The summed E-state index contributed by atoms with van der Waals surface area (Å²) in [6.07, 6.45) is 0. The highest BCUT2D eigenvalue weighted by Crippen LogP contribution is 1.90. The van der Waals surface area contributed by atoms with Crippen molar-refractivity contribution in [2.45, 2.75) is 0 Å². The van der Waals surface area contributed by atoms with E-state index in [9.17, 15) is 4.21 Å². The molecule has 0 rings (SSSR count). The molecule has 0 aromatic carbocycles. The lowest BCUT2D eigenvalue weighted by atomic mass is 11.9. The maximum absolute atomic E-state index is 9.99. The van der Waals surface area contributed by atoms with E-state index in [0.29, 0.717) is 0 Å². The molecule has 0 aromatic heterocycles. The normalized spacial score (nSPS) is 14.6. The minimum Gasteiger partial charge on any atom is -0.420 e. The van der Waals surface area contributed by atoms with Crippen molar-refractivity contribution in [1.82, 2.24) is 0 Å². The van der Waals surface area contributed by atoms with Crippen LogP contribution in [0.5, 0.6) is 0 Å². The number of nitrogens with zero attached hydrogens (tertiary/aromatic N) is 1. The minimum absolute atomic E-state index is 0.181. The van der Waals surface area contributed by atoms with E-state index in [0.717, 1.165) is 0 Å². The first-order valence-electron chi connectivity index (χ1n) is 1.32.